The van der Waals surface area contributed by atoms with Gasteiger partial charge in [-0.2, -0.15) is 0 Å². The van der Waals surface area contributed by atoms with E-state index in [2.05, 4.69) is 20.2 Å². The number of carbonyl (C=O) groups is 3. The predicted molar refractivity (Wildman–Crippen MR) is 190 cm³/mol. The molecule has 0 spiro atoms. The minimum atomic E-state index is -0.774. The highest BCUT2D eigenvalue weighted by molar-refractivity contribution is 6.30. The maximum atomic E-state index is 14.6. The fourth-order valence-electron chi connectivity index (χ4n) is 7.52. The van der Waals surface area contributed by atoms with E-state index < -0.39 is 6.04 Å². The van der Waals surface area contributed by atoms with Crippen molar-refractivity contribution in [1.29, 1.82) is 0 Å². The van der Waals surface area contributed by atoms with Crippen LogP contribution in [0.1, 0.15) is 34.3 Å². The molecule has 0 unspecified atom stereocenters. The molecule has 2 atom stereocenters. The van der Waals surface area contributed by atoms with Crippen LogP contribution in [-0.4, -0.2) is 83.8 Å². The standard InChI is InChI=1S/C38H41ClN6O3/c1-43(2)22-24-17-26-18-28(39)11-12-35(26)45(23-24)38(48)34(19-27-20-40-32-9-5-3-7-29(27)32)42-36(46)25-13-15-44(16-14-25)37(47)31-21-41-33-10-6-4-8-30(31)33/h3-12,18,20-21,24-25,34,40-41H,13-17,19,22-23H2,1-2H3,(H,42,46)/t24-,34+/m0/s1. The topological polar surface area (TPSA) is 105 Å². The lowest BCUT2D eigenvalue weighted by atomic mass is 9.90. The van der Waals surface area contributed by atoms with Crippen LogP contribution >= 0.6 is 11.6 Å². The molecule has 9 nitrogen and oxygen atoms in total. The van der Waals surface area contributed by atoms with Crippen molar-refractivity contribution in [2.45, 2.75) is 31.7 Å². The Kier molecular flexibility index (Phi) is 8.98. The molecule has 0 saturated carbocycles. The number of likely N-dealkylation sites (tertiary alicyclic amines) is 1. The number of para-hydroxylation sites is 2. The highest BCUT2D eigenvalue weighted by Gasteiger charge is 2.36. The zero-order valence-electron chi connectivity index (χ0n) is 27.3. The lowest BCUT2D eigenvalue weighted by molar-refractivity contribution is -0.131. The molecule has 1 fully saturated rings. The molecule has 3 amide bonds. The molecule has 5 aromatic rings. The van der Waals surface area contributed by atoms with Crippen molar-refractivity contribution in [2.75, 3.05) is 45.2 Å². The van der Waals surface area contributed by atoms with Crippen LogP contribution in [0.3, 0.4) is 0 Å². The number of aromatic amines is 2. The van der Waals surface area contributed by atoms with Gasteiger partial charge in [0.25, 0.3) is 5.91 Å². The zero-order chi connectivity index (χ0) is 33.4. The average molecular weight is 665 g/mol. The van der Waals surface area contributed by atoms with Gasteiger partial charge >= 0.3 is 0 Å². The van der Waals surface area contributed by atoms with Crippen LogP contribution in [0.25, 0.3) is 21.8 Å². The summed E-state index contributed by atoms with van der Waals surface area (Å²) in [7, 11) is 4.08. The molecule has 10 heteroatoms. The summed E-state index contributed by atoms with van der Waals surface area (Å²) in [5.74, 6) is -0.393. The number of hydrogen-bond donors (Lipinski definition) is 3. The third-order valence-corrected chi connectivity index (χ3v) is 10.1. The van der Waals surface area contributed by atoms with Gasteiger partial charge in [0.05, 0.1) is 5.56 Å². The van der Waals surface area contributed by atoms with Gasteiger partial charge in [-0.3, -0.25) is 14.4 Å². The van der Waals surface area contributed by atoms with Crippen LogP contribution in [0.4, 0.5) is 5.69 Å². The van der Waals surface area contributed by atoms with E-state index in [1.807, 2.05) is 96.8 Å². The molecule has 4 heterocycles. The van der Waals surface area contributed by atoms with E-state index in [0.29, 0.717) is 49.5 Å². The Morgan fingerprint density at radius 2 is 1.62 bits per heavy atom. The molecule has 3 aromatic carbocycles. The second-order valence-corrected chi connectivity index (χ2v) is 13.9. The van der Waals surface area contributed by atoms with Gasteiger partial charge in [-0.05, 0) is 80.7 Å². The second kappa shape index (κ2) is 13.5. The molecular weight excluding hydrogens is 624 g/mol. The number of nitrogens with one attached hydrogen (secondary N) is 3. The normalized spacial score (nSPS) is 17.5. The average Bonchev–Trinajstić information content (AvgIpc) is 3.71. The maximum Gasteiger partial charge on any atom is 0.256 e. The number of amides is 3. The van der Waals surface area contributed by atoms with E-state index in [0.717, 1.165) is 51.6 Å². The van der Waals surface area contributed by atoms with Crippen molar-refractivity contribution in [2.24, 2.45) is 11.8 Å². The Labute approximate surface area is 285 Å². The Balaban J connectivity index is 1.11. The van der Waals surface area contributed by atoms with Gasteiger partial charge in [-0.15, -0.1) is 0 Å². The molecule has 2 aliphatic rings. The molecule has 1 saturated heterocycles. The van der Waals surface area contributed by atoms with E-state index in [9.17, 15) is 14.4 Å². The minimum absolute atomic E-state index is 0.0326. The number of aromatic nitrogens is 2. The Morgan fingerprint density at radius 1 is 0.938 bits per heavy atom. The van der Waals surface area contributed by atoms with Crippen LogP contribution in [0.15, 0.2) is 79.1 Å². The van der Waals surface area contributed by atoms with Gasteiger partial charge in [-0.1, -0.05) is 48.0 Å². The number of halogens is 1. The van der Waals surface area contributed by atoms with E-state index in [4.69, 9.17) is 11.6 Å². The largest absolute Gasteiger partial charge is 0.361 e. The summed E-state index contributed by atoms with van der Waals surface area (Å²) in [5.41, 5.74) is 5.42. The Morgan fingerprint density at radius 3 is 2.38 bits per heavy atom. The molecule has 2 aliphatic heterocycles. The number of rotatable bonds is 8. The first-order chi connectivity index (χ1) is 23.2. The van der Waals surface area contributed by atoms with Crippen LogP contribution in [-0.2, 0) is 22.4 Å². The van der Waals surface area contributed by atoms with Crippen LogP contribution < -0.4 is 10.2 Å². The minimum Gasteiger partial charge on any atom is -0.361 e. The van der Waals surface area contributed by atoms with E-state index >= 15 is 0 Å². The summed E-state index contributed by atoms with van der Waals surface area (Å²) in [6.45, 7) is 2.33. The lowest BCUT2D eigenvalue weighted by Crippen LogP contribution is -2.54. The molecule has 248 valence electrons. The second-order valence-electron chi connectivity index (χ2n) is 13.5. The van der Waals surface area contributed by atoms with Crippen molar-refractivity contribution in [3.05, 3.63) is 101 Å². The summed E-state index contributed by atoms with van der Waals surface area (Å²) in [6, 6.07) is 20.7. The summed E-state index contributed by atoms with van der Waals surface area (Å²) in [5, 5.41) is 5.77. The summed E-state index contributed by atoms with van der Waals surface area (Å²) >= 11 is 6.41. The third-order valence-electron chi connectivity index (χ3n) is 9.86. The van der Waals surface area contributed by atoms with Crippen molar-refractivity contribution < 1.29 is 14.4 Å². The van der Waals surface area contributed by atoms with Crippen molar-refractivity contribution >= 4 is 56.8 Å². The smallest absolute Gasteiger partial charge is 0.256 e. The highest BCUT2D eigenvalue weighted by atomic mass is 35.5. The fraction of sp³-hybridized carbons (Fsp3) is 0.342. The number of carbonyl (C=O) groups excluding carboxylic acids is 3. The quantitative estimate of drug-likeness (QED) is 0.200. The van der Waals surface area contributed by atoms with Gasteiger partial charge in [0.15, 0.2) is 0 Å². The van der Waals surface area contributed by atoms with Gasteiger partial charge in [0, 0.05) is 83.4 Å². The van der Waals surface area contributed by atoms with Crippen molar-refractivity contribution in [3.63, 3.8) is 0 Å². The van der Waals surface area contributed by atoms with E-state index in [-0.39, 0.29) is 29.6 Å². The Bertz CT molecular complexity index is 1970. The number of nitrogens with zero attached hydrogens (tertiary/aromatic N) is 3. The fourth-order valence-corrected chi connectivity index (χ4v) is 7.72. The molecular formula is C38H41ClN6O3. The summed E-state index contributed by atoms with van der Waals surface area (Å²) in [4.78, 5) is 54.3. The Hall–Kier alpha value is -4.60. The molecule has 0 bridgehead atoms. The zero-order valence-corrected chi connectivity index (χ0v) is 28.1. The van der Waals surface area contributed by atoms with Crippen molar-refractivity contribution in [3.8, 4) is 0 Å². The molecule has 7 rings (SSSR count). The number of benzene rings is 3. The molecule has 48 heavy (non-hydrogen) atoms. The van der Waals surface area contributed by atoms with Gasteiger partial charge in [0.1, 0.15) is 6.04 Å². The van der Waals surface area contributed by atoms with Gasteiger partial charge < -0.3 is 30.0 Å². The summed E-state index contributed by atoms with van der Waals surface area (Å²) < 4.78 is 0. The molecule has 0 radical (unpaired) electrons. The SMILES string of the molecule is CN(C)C[C@@H]1Cc2cc(Cl)ccc2N(C(=O)[C@@H](Cc2c[nH]c3ccccc23)NC(=O)C2CCN(C(=O)c3c[nH]c4ccccc34)CC2)C1. The van der Waals surface area contributed by atoms with Crippen molar-refractivity contribution in [1.82, 2.24) is 25.1 Å². The lowest BCUT2D eigenvalue weighted by Gasteiger charge is -2.38. The van der Waals surface area contributed by atoms with Crippen LogP contribution in [0.2, 0.25) is 5.02 Å². The first-order valence-corrected chi connectivity index (χ1v) is 17.1. The number of anilines is 1. The van der Waals surface area contributed by atoms with Crippen LogP contribution in [0, 0.1) is 11.8 Å². The third kappa shape index (κ3) is 6.44. The maximum absolute atomic E-state index is 14.6. The van der Waals surface area contributed by atoms with E-state index in [1.165, 1.54) is 0 Å². The number of hydrogen-bond acceptors (Lipinski definition) is 4. The monoisotopic (exact) mass is 664 g/mol. The van der Waals surface area contributed by atoms with Gasteiger partial charge in [-0.25, -0.2) is 0 Å². The summed E-state index contributed by atoms with van der Waals surface area (Å²) in [6.07, 6.45) is 5.94. The predicted octanol–water partition coefficient (Wildman–Crippen LogP) is 5.65. The van der Waals surface area contributed by atoms with E-state index in [1.54, 1.807) is 6.20 Å². The molecule has 0 aliphatic carbocycles. The molecule has 3 N–H and O–H groups in total. The number of piperidine rings is 1. The number of fused-ring (bicyclic) bond motifs is 3. The number of H-pyrrole nitrogens is 2. The first-order valence-electron chi connectivity index (χ1n) is 16.7. The first kappa shape index (κ1) is 32.0. The van der Waals surface area contributed by atoms with Gasteiger partial charge in [0.2, 0.25) is 11.8 Å². The van der Waals surface area contributed by atoms with Crippen LogP contribution in [0.5, 0.6) is 0 Å². The molecule has 2 aromatic heterocycles. The highest BCUT2D eigenvalue weighted by Crippen LogP contribution is 2.33.